The van der Waals surface area contributed by atoms with Gasteiger partial charge in [0.15, 0.2) is 5.11 Å². The third kappa shape index (κ3) is 3.19. The van der Waals surface area contributed by atoms with Gasteiger partial charge >= 0.3 is 0 Å². The molecule has 126 valence electrons. The molecule has 2 aliphatic rings. The lowest BCUT2D eigenvalue weighted by molar-refractivity contribution is 0.113. The minimum absolute atomic E-state index is 0.324. The van der Waals surface area contributed by atoms with Crippen LogP contribution in [0.2, 0.25) is 0 Å². The van der Waals surface area contributed by atoms with Crippen LogP contribution in [0.3, 0.4) is 0 Å². The van der Waals surface area contributed by atoms with E-state index in [1.807, 2.05) is 0 Å². The number of benzene rings is 1. The van der Waals surface area contributed by atoms with Gasteiger partial charge in [-0.1, -0.05) is 24.3 Å². The molecule has 5 heteroatoms. The number of aromatic amines is 1. The van der Waals surface area contributed by atoms with Gasteiger partial charge in [0.05, 0.1) is 6.10 Å². The van der Waals surface area contributed by atoms with Gasteiger partial charge in [0.2, 0.25) is 0 Å². The van der Waals surface area contributed by atoms with Crippen molar-refractivity contribution in [1.82, 2.24) is 15.2 Å². The first kappa shape index (κ1) is 15.7. The molecule has 1 aromatic heterocycles. The first-order valence-corrected chi connectivity index (χ1v) is 9.12. The summed E-state index contributed by atoms with van der Waals surface area (Å²) in [5, 5.41) is 5.52. The van der Waals surface area contributed by atoms with E-state index < -0.39 is 0 Å². The molecule has 2 N–H and O–H groups in total. The van der Waals surface area contributed by atoms with Crippen molar-refractivity contribution in [1.29, 1.82) is 0 Å². The minimum atomic E-state index is 0.324. The van der Waals surface area contributed by atoms with E-state index in [1.165, 1.54) is 28.5 Å². The lowest BCUT2D eigenvalue weighted by Crippen LogP contribution is -2.44. The van der Waals surface area contributed by atoms with Crippen LogP contribution < -0.4 is 5.32 Å². The third-order valence-electron chi connectivity index (χ3n) is 4.94. The van der Waals surface area contributed by atoms with Gasteiger partial charge in [-0.15, -0.1) is 0 Å². The fourth-order valence-electron chi connectivity index (χ4n) is 3.55. The van der Waals surface area contributed by atoms with Crippen molar-refractivity contribution in [2.75, 3.05) is 26.2 Å². The van der Waals surface area contributed by atoms with Crippen molar-refractivity contribution in [2.24, 2.45) is 0 Å². The summed E-state index contributed by atoms with van der Waals surface area (Å²) in [5.74, 6) is 0. The Morgan fingerprint density at radius 1 is 1.38 bits per heavy atom. The molecule has 0 spiro atoms. The maximum Gasteiger partial charge on any atom is 0.169 e. The Morgan fingerprint density at radius 2 is 2.29 bits per heavy atom. The van der Waals surface area contributed by atoms with Crippen LogP contribution in [0.1, 0.15) is 24.8 Å². The van der Waals surface area contributed by atoms with Gasteiger partial charge in [0.1, 0.15) is 0 Å². The average molecular weight is 341 g/mol. The summed E-state index contributed by atoms with van der Waals surface area (Å²) in [6.45, 7) is 3.54. The van der Waals surface area contributed by atoms with Crippen LogP contribution in [0, 0.1) is 0 Å². The number of aromatic nitrogens is 1. The normalized spacial score (nSPS) is 21.1. The second-order valence-corrected chi connectivity index (χ2v) is 6.88. The van der Waals surface area contributed by atoms with Gasteiger partial charge in [-0.25, -0.2) is 0 Å². The number of para-hydroxylation sites is 1. The van der Waals surface area contributed by atoms with Crippen LogP contribution in [0.5, 0.6) is 0 Å². The molecule has 0 amide bonds. The largest absolute Gasteiger partial charge is 0.376 e. The van der Waals surface area contributed by atoms with E-state index in [0.29, 0.717) is 6.10 Å². The smallest absolute Gasteiger partial charge is 0.169 e. The van der Waals surface area contributed by atoms with Crippen LogP contribution in [0.4, 0.5) is 0 Å². The van der Waals surface area contributed by atoms with E-state index in [4.69, 9.17) is 17.0 Å². The quantitative estimate of drug-likeness (QED) is 0.841. The van der Waals surface area contributed by atoms with Crippen molar-refractivity contribution < 1.29 is 4.74 Å². The molecule has 1 saturated heterocycles. The molecule has 1 atom stereocenters. The number of hydrogen-bond donors (Lipinski definition) is 2. The summed E-state index contributed by atoms with van der Waals surface area (Å²) in [5.41, 5.74) is 3.93. The zero-order valence-electron chi connectivity index (χ0n) is 13.8. The molecule has 2 aromatic rings. The molecule has 24 heavy (non-hydrogen) atoms. The van der Waals surface area contributed by atoms with Crippen LogP contribution in [-0.2, 0) is 4.74 Å². The first-order valence-electron chi connectivity index (χ1n) is 8.71. The number of nitrogens with one attached hydrogen (secondary N) is 2. The van der Waals surface area contributed by atoms with Gasteiger partial charge in [-0.3, -0.25) is 0 Å². The number of rotatable bonds is 3. The number of fused-ring (bicyclic) bond motifs is 1. The fourth-order valence-corrected chi connectivity index (χ4v) is 3.80. The van der Waals surface area contributed by atoms with E-state index >= 15 is 0 Å². The first-order chi connectivity index (χ1) is 11.8. The molecule has 0 radical (unpaired) electrons. The zero-order valence-corrected chi connectivity index (χ0v) is 14.6. The summed E-state index contributed by atoms with van der Waals surface area (Å²) < 4.78 is 5.64. The summed E-state index contributed by atoms with van der Waals surface area (Å²) >= 11 is 5.55. The highest BCUT2D eigenvalue weighted by Crippen LogP contribution is 2.29. The summed E-state index contributed by atoms with van der Waals surface area (Å²) in [6, 6.07) is 8.47. The predicted molar refractivity (Wildman–Crippen MR) is 102 cm³/mol. The van der Waals surface area contributed by atoms with E-state index in [1.54, 1.807) is 0 Å². The van der Waals surface area contributed by atoms with Crippen molar-refractivity contribution in [3.63, 3.8) is 0 Å². The molecule has 0 aliphatic carbocycles. The van der Waals surface area contributed by atoms with Gasteiger partial charge in [-0.2, -0.15) is 0 Å². The van der Waals surface area contributed by atoms with Crippen LogP contribution in [-0.4, -0.2) is 47.3 Å². The zero-order chi connectivity index (χ0) is 16.4. The lowest BCUT2D eigenvalue weighted by Gasteiger charge is -2.29. The summed E-state index contributed by atoms with van der Waals surface area (Å²) in [7, 11) is 0. The Labute approximate surface area is 147 Å². The number of H-pyrrole nitrogens is 1. The second kappa shape index (κ2) is 6.95. The molecule has 2 aliphatic heterocycles. The van der Waals surface area contributed by atoms with Gasteiger partial charge in [0.25, 0.3) is 0 Å². The highest BCUT2D eigenvalue weighted by atomic mass is 32.1. The molecule has 0 unspecified atom stereocenters. The van der Waals surface area contributed by atoms with Crippen LogP contribution in [0.15, 0.2) is 36.5 Å². The van der Waals surface area contributed by atoms with Crippen molar-refractivity contribution in [3.05, 3.63) is 42.1 Å². The van der Waals surface area contributed by atoms with E-state index in [9.17, 15) is 0 Å². The van der Waals surface area contributed by atoms with Gasteiger partial charge < -0.3 is 19.9 Å². The van der Waals surface area contributed by atoms with Crippen molar-refractivity contribution >= 4 is 33.8 Å². The average Bonchev–Trinajstić information content (AvgIpc) is 3.29. The molecule has 4 nitrogen and oxygen atoms in total. The molecule has 1 aromatic carbocycles. The molecule has 1 fully saturated rings. The van der Waals surface area contributed by atoms with Crippen LogP contribution >= 0.6 is 12.2 Å². The molecule has 4 rings (SSSR count). The maximum atomic E-state index is 5.64. The standard InChI is InChI=1S/C19H23N3OS/c24-19(21-12-15-4-3-11-23-15)22-9-7-14(8-10-22)17-13-20-18-6-2-1-5-16(17)18/h1-2,5-7,13,15,20H,3-4,8-12H2,(H,21,24)/t15-/m0/s1. The Bertz CT molecular complexity index is 761. The van der Waals surface area contributed by atoms with Crippen LogP contribution in [0.25, 0.3) is 16.5 Å². The second-order valence-electron chi connectivity index (χ2n) is 6.49. The summed E-state index contributed by atoms with van der Waals surface area (Å²) in [4.78, 5) is 5.60. The Morgan fingerprint density at radius 3 is 3.08 bits per heavy atom. The number of nitrogens with zero attached hydrogens (tertiary/aromatic N) is 1. The monoisotopic (exact) mass is 341 g/mol. The Hall–Kier alpha value is -1.85. The van der Waals surface area contributed by atoms with E-state index in [0.717, 1.165) is 44.2 Å². The van der Waals surface area contributed by atoms with E-state index in [2.05, 4.69) is 51.7 Å². The molecule has 3 heterocycles. The lowest BCUT2D eigenvalue weighted by atomic mass is 9.99. The fraction of sp³-hybridized carbons (Fsp3) is 0.421. The third-order valence-corrected chi connectivity index (χ3v) is 5.34. The number of thiocarbonyl (C=S) groups is 1. The highest BCUT2D eigenvalue weighted by Gasteiger charge is 2.19. The molecule has 0 bridgehead atoms. The SMILES string of the molecule is S=C(NC[C@@H]1CCCO1)N1CC=C(c2c[nH]c3ccccc23)CC1. The molecule has 0 saturated carbocycles. The molecular formula is C19H23N3OS. The Balaban J connectivity index is 1.38. The van der Waals surface area contributed by atoms with Gasteiger partial charge in [-0.05, 0) is 43.1 Å². The predicted octanol–water partition coefficient (Wildman–Crippen LogP) is 3.31. The summed E-state index contributed by atoms with van der Waals surface area (Å²) in [6.07, 6.45) is 8.08. The topological polar surface area (TPSA) is 40.3 Å². The Kier molecular flexibility index (Phi) is 4.54. The van der Waals surface area contributed by atoms with Crippen molar-refractivity contribution in [3.8, 4) is 0 Å². The number of hydrogen-bond acceptors (Lipinski definition) is 2. The highest BCUT2D eigenvalue weighted by molar-refractivity contribution is 7.80. The number of ether oxygens (including phenoxy) is 1. The van der Waals surface area contributed by atoms with E-state index in [-0.39, 0.29) is 0 Å². The minimum Gasteiger partial charge on any atom is -0.376 e. The van der Waals surface area contributed by atoms with Gasteiger partial charge in [0, 0.05) is 48.9 Å². The molecular weight excluding hydrogens is 318 g/mol. The maximum absolute atomic E-state index is 5.64. The van der Waals surface area contributed by atoms with Crippen molar-refractivity contribution in [2.45, 2.75) is 25.4 Å².